The molecule has 1 aromatic heterocycles. The fourth-order valence-electron chi connectivity index (χ4n) is 0.978. The lowest BCUT2D eigenvalue weighted by Gasteiger charge is -2.05. The Morgan fingerprint density at radius 1 is 1.38 bits per heavy atom. The lowest BCUT2D eigenvalue weighted by molar-refractivity contribution is 0.394. The maximum absolute atomic E-state index is 5.00. The van der Waals surface area contributed by atoms with Gasteiger partial charge in [0.2, 0.25) is 5.88 Å². The largest absolute Gasteiger partial charge is 0.486 e. The second-order valence-electron chi connectivity index (χ2n) is 2.53. The molecule has 0 aliphatic rings. The maximum Gasteiger partial charge on any atom is 0.213 e. The van der Waals surface area contributed by atoms with E-state index in [9.17, 15) is 0 Å². The SMILES string of the molecule is COC(=S)c1cc(C)nc(OC)c1. The van der Waals surface area contributed by atoms with Crippen LogP contribution in [0.5, 0.6) is 5.88 Å². The standard InChI is InChI=1S/C9H11NO2S/c1-6-4-7(9(13)12-3)5-8(10-6)11-2/h4-5H,1-3H3. The topological polar surface area (TPSA) is 31.4 Å². The van der Waals surface area contributed by atoms with Crippen LogP contribution in [0.4, 0.5) is 0 Å². The van der Waals surface area contributed by atoms with Gasteiger partial charge in [0.25, 0.3) is 0 Å². The molecule has 1 heterocycles. The third-order valence-electron chi connectivity index (χ3n) is 1.56. The van der Waals surface area contributed by atoms with Crippen molar-refractivity contribution in [1.29, 1.82) is 0 Å². The highest BCUT2D eigenvalue weighted by Crippen LogP contribution is 2.13. The lowest BCUT2D eigenvalue weighted by atomic mass is 10.2. The van der Waals surface area contributed by atoms with Gasteiger partial charge in [0.1, 0.15) is 0 Å². The average molecular weight is 197 g/mol. The minimum absolute atomic E-state index is 0.448. The van der Waals surface area contributed by atoms with E-state index >= 15 is 0 Å². The average Bonchev–Trinajstić information content (AvgIpc) is 2.15. The molecule has 0 aliphatic carbocycles. The van der Waals surface area contributed by atoms with Crippen LogP contribution in [-0.2, 0) is 4.74 Å². The third kappa shape index (κ3) is 2.39. The molecule has 0 spiro atoms. The van der Waals surface area contributed by atoms with E-state index in [0.29, 0.717) is 10.9 Å². The molecule has 70 valence electrons. The van der Waals surface area contributed by atoms with E-state index in [1.165, 1.54) is 0 Å². The van der Waals surface area contributed by atoms with E-state index in [1.807, 2.05) is 13.0 Å². The maximum atomic E-state index is 5.00. The summed E-state index contributed by atoms with van der Waals surface area (Å²) in [5.74, 6) is 0.550. The molecule has 0 aromatic carbocycles. The van der Waals surface area contributed by atoms with E-state index < -0.39 is 0 Å². The van der Waals surface area contributed by atoms with Crippen LogP contribution in [0.3, 0.4) is 0 Å². The summed E-state index contributed by atoms with van der Waals surface area (Å²) in [6.07, 6.45) is 0. The number of rotatable bonds is 2. The monoisotopic (exact) mass is 197 g/mol. The van der Waals surface area contributed by atoms with Crippen molar-refractivity contribution in [2.45, 2.75) is 6.92 Å². The van der Waals surface area contributed by atoms with E-state index in [1.54, 1.807) is 20.3 Å². The Morgan fingerprint density at radius 3 is 2.62 bits per heavy atom. The molecule has 0 N–H and O–H groups in total. The summed E-state index contributed by atoms with van der Waals surface area (Å²) < 4.78 is 9.94. The Morgan fingerprint density at radius 2 is 2.08 bits per heavy atom. The number of thiocarbonyl (C=S) groups is 1. The number of hydrogen-bond acceptors (Lipinski definition) is 4. The highest BCUT2D eigenvalue weighted by atomic mass is 32.1. The molecule has 0 unspecified atom stereocenters. The summed E-state index contributed by atoms with van der Waals surface area (Å²) in [6.45, 7) is 1.88. The van der Waals surface area contributed by atoms with Crippen LogP contribution in [-0.4, -0.2) is 24.3 Å². The van der Waals surface area contributed by atoms with Gasteiger partial charge in [-0.15, -0.1) is 0 Å². The minimum atomic E-state index is 0.448. The first kappa shape index (κ1) is 9.92. The van der Waals surface area contributed by atoms with Crippen molar-refractivity contribution < 1.29 is 9.47 Å². The molecule has 3 nitrogen and oxygen atoms in total. The van der Waals surface area contributed by atoms with Crippen LogP contribution in [0.2, 0.25) is 0 Å². The number of methoxy groups -OCH3 is 2. The number of aromatic nitrogens is 1. The van der Waals surface area contributed by atoms with Crippen molar-refractivity contribution in [1.82, 2.24) is 4.98 Å². The second kappa shape index (κ2) is 4.18. The normalized spacial score (nSPS) is 9.46. The van der Waals surface area contributed by atoms with E-state index in [2.05, 4.69) is 4.98 Å². The molecule has 0 saturated carbocycles. The molecule has 1 rings (SSSR count). The van der Waals surface area contributed by atoms with Crippen LogP contribution >= 0.6 is 12.2 Å². The predicted octanol–water partition coefficient (Wildman–Crippen LogP) is 1.72. The van der Waals surface area contributed by atoms with Gasteiger partial charge in [0.15, 0.2) is 5.05 Å². The molecule has 0 radical (unpaired) electrons. The van der Waals surface area contributed by atoms with Crippen molar-refractivity contribution in [3.8, 4) is 5.88 Å². The van der Waals surface area contributed by atoms with Gasteiger partial charge in [0, 0.05) is 17.3 Å². The van der Waals surface area contributed by atoms with E-state index in [-0.39, 0.29) is 0 Å². The highest BCUT2D eigenvalue weighted by molar-refractivity contribution is 7.80. The number of aryl methyl sites for hydroxylation is 1. The van der Waals surface area contributed by atoms with Gasteiger partial charge < -0.3 is 9.47 Å². The van der Waals surface area contributed by atoms with Gasteiger partial charge in [-0.05, 0) is 25.2 Å². The molecule has 1 aromatic rings. The summed E-state index contributed by atoms with van der Waals surface area (Å²) in [5, 5.41) is 0.448. The first-order chi connectivity index (χ1) is 6.17. The zero-order valence-electron chi connectivity index (χ0n) is 7.83. The second-order valence-corrected chi connectivity index (χ2v) is 2.90. The van der Waals surface area contributed by atoms with Crippen molar-refractivity contribution in [2.24, 2.45) is 0 Å². The summed E-state index contributed by atoms with van der Waals surface area (Å²) in [6, 6.07) is 3.60. The molecule has 0 amide bonds. The summed E-state index contributed by atoms with van der Waals surface area (Å²) in [4.78, 5) is 4.13. The smallest absolute Gasteiger partial charge is 0.213 e. The van der Waals surface area contributed by atoms with Crippen molar-refractivity contribution >= 4 is 17.3 Å². The van der Waals surface area contributed by atoms with Gasteiger partial charge >= 0.3 is 0 Å². The Bertz CT molecular complexity index is 325. The molecule has 0 aliphatic heterocycles. The molecule has 0 bridgehead atoms. The van der Waals surface area contributed by atoms with Crippen molar-refractivity contribution in [3.05, 3.63) is 23.4 Å². The van der Waals surface area contributed by atoms with Gasteiger partial charge in [-0.1, -0.05) is 0 Å². The fourth-order valence-corrected chi connectivity index (χ4v) is 1.10. The lowest BCUT2D eigenvalue weighted by Crippen LogP contribution is -2.02. The summed E-state index contributed by atoms with van der Waals surface area (Å²) in [5.41, 5.74) is 1.68. The fraction of sp³-hybridized carbons (Fsp3) is 0.333. The zero-order chi connectivity index (χ0) is 9.84. The van der Waals surface area contributed by atoms with Gasteiger partial charge in [-0.2, -0.15) is 0 Å². The van der Waals surface area contributed by atoms with Crippen LogP contribution in [0.15, 0.2) is 12.1 Å². The third-order valence-corrected chi connectivity index (χ3v) is 1.96. The van der Waals surface area contributed by atoms with Crippen LogP contribution in [0.1, 0.15) is 11.3 Å². The van der Waals surface area contributed by atoms with Gasteiger partial charge in [0.05, 0.1) is 14.2 Å². The predicted molar refractivity (Wildman–Crippen MR) is 54.2 cm³/mol. The van der Waals surface area contributed by atoms with Crippen molar-refractivity contribution in [2.75, 3.05) is 14.2 Å². The van der Waals surface area contributed by atoms with Gasteiger partial charge in [-0.3, -0.25) is 0 Å². The quantitative estimate of drug-likeness (QED) is 0.675. The highest BCUT2D eigenvalue weighted by Gasteiger charge is 2.04. The summed E-state index contributed by atoms with van der Waals surface area (Å²) in [7, 11) is 3.12. The van der Waals surface area contributed by atoms with Crippen molar-refractivity contribution in [3.63, 3.8) is 0 Å². The minimum Gasteiger partial charge on any atom is -0.486 e. The van der Waals surface area contributed by atoms with Crippen LogP contribution in [0, 0.1) is 6.92 Å². The van der Waals surface area contributed by atoms with E-state index in [4.69, 9.17) is 21.7 Å². The first-order valence-corrected chi connectivity index (χ1v) is 4.19. The van der Waals surface area contributed by atoms with Crippen LogP contribution in [0.25, 0.3) is 0 Å². The molecular weight excluding hydrogens is 186 g/mol. The Hall–Kier alpha value is -1.16. The Kier molecular flexibility index (Phi) is 3.19. The molecular formula is C9H11NO2S. The number of pyridine rings is 1. The van der Waals surface area contributed by atoms with Gasteiger partial charge in [-0.25, -0.2) is 4.98 Å². The number of hydrogen-bond donors (Lipinski definition) is 0. The molecule has 13 heavy (non-hydrogen) atoms. The van der Waals surface area contributed by atoms with Crippen LogP contribution < -0.4 is 4.74 Å². The zero-order valence-corrected chi connectivity index (χ0v) is 8.64. The molecule has 4 heteroatoms. The number of nitrogens with zero attached hydrogens (tertiary/aromatic N) is 1. The Labute approximate surface area is 82.7 Å². The molecule has 0 saturated heterocycles. The molecule has 0 atom stereocenters. The number of ether oxygens (including phenoxy) is 2. The molecule has 0 fully saturated rings. The first-order valence-electron chi connectivity index (χ1n) is 3.78. The Balaban J connectivity index is 3.08. The van der Waals surface area contributed by atoms with E-state index in [0.717, 1.165) is 11.3 Å². The summed E-state index contributed by atoms with van der Waals surface area (Å²) >= 11 is 4.98.